The van der Waals surface area contributed by atoms with Gasteiger partial charge in [-0.2, -0.15) is 9.13 Å². The van der Waals surface area contributed by atoms with Crippen LogP contribution < -0.4 is 4.57 Å². The second kappa shape index (κ2) is 7.51. The molecule has 2 aliphatic rings. The number of fused-ring (bicyclic) bond motifs is 1. The maximum absolute atomic E-state index is 2.53. The fourth-order valence-electron chi connectivity index (χ4n) is 6.30. The summed E-state index contributed by atoms with van der Waals surface area (Å²) in [5.74, 6) is 2.02. The monoisotopic (exact) mass is 411 g/mol. The average molecular weight is 412 g/mol. The molecular weight excluding hydrogens is 376 g/mol. The molecule has 3 aromatic rings. The molecule has 0 amide bonds. The number of imidazole rings is 1. The molecule has 2 aromatic carbocycles. The first kappa shape index (κ1) is 20.3. The molecule has 1 aliphatic carbocycles. The van der Waals surface area contributed by atoms with E-state index in [1.807, 2.05) is 0 Å². The Kier molecular flexibility index (Phi) is 4.92. The Balaban J connectivity index is 1.83. The van der Waals surface area contributed by atoms with Gasteiger partial charge in [0, 0.05) is 6.92 Å². The van der Waals surface area contributed by atoms with Gasteiger partial charge >= 0.3 is 0 Å². The molecule has 1 unspecified atom stereocenters. The molecule has 1 aliphatic heterocycles. The average Bonchev–Trinajstić information content (AvgIpc) is 3.26. The van der Waals surface area contributed by atoms with E-state index in [0.29, 0.717) is 0 Å². The lowest BCUT2D eigenvalue weighted by Crippen LogP contribution is -2.38. The van der Waals surface area contributed by atoms with Gasteiger partial charge in [0.2, 0.25) is 0 Å². The number of hydrogen-bond donors (Lipinski definition) is 0. The molecule has 1 atom stereocenters. The minimum atomic E-state index is 0.101. The van der Waals surface area contributed by atoms with Crippen molar-refractivity contribution in [3.63, 3.8) is 0 Å². The quantitative estimate of drug-likeness (QED) is 0.411. The molecule has 160 valence electrons. The minimum absolute atomic E-state index is 0.101. The number of hydrogen-bond acceptors (Lipinski definition) is 0. The maximum Gasteiger partial charge on any atom is 0.299 e. The van der Waals surface area contributed by atoms with Gasteiger partial charge in [-0.3, -0.25) is 0 Å². The molecule has 1 fully saturated rings. The number of rotatable bonds is 3. The van der Waals surface area contributed by atoms with Crippen LogP contribution in [0.25, 0.3) is 23.3 Å². The van der Waals surface area contributed by atoms with Crippen molar-refractivity contribution in [2.45, 2.75) is 72.1 Å². The third-order valence-electron chi connectivity index (χ3n) is 7.95. The zero-order valence-electron chi connectivity index (χ0n) is 19.7. The van der Waals surface area contributed by atoms with Gasteiger partial charge in [0.1, 0.15) is 5.69 Å². The summed E-state index contributed by atoms with van der Waals surface area (Å²) in [4.78, 5) is 0. The van der Waals surface area contributed by atoms with Gasteiger partial charge in [-0.25, -0.2) is 0 Å². The van der Waals surface area contributed by atoms with Gasteiger partial charge in [-0.1, -0.05) is 55.7 Å². The lowest BCUT2D eigenvalue weighted by molar-refractivity contribution is -0.562. The summed E-state index contributed by atoms with van der Waals surface area (Å²) in [6, 6.07) is 15.5. The predicted molar refractivity (Wildman–Crippen MR) is 130 cm³/mol. The molecule has 0 radical (unpaired) electrons. The zero-order valence-corrected chi connectivity index (χ0v) is 19.7. The number of allylic oxidation sites excluding steroid dienone is 1. The van der Waals surface area contributed by atoms with Crippen LogP contribution in [0, 0.1) is 33.6 Å². The smallest absolute Gasteiger partial charge is 0.198 e. The van der Waals surface area contributed by atoms with Crippen molar-refractivity contribution in [3.8, 4) is 17.1 Å². The van der Waals surface area contributed by atoms with Crippen LogP contribution in [-0.2, 0) is 5.41 Å². The molecule has 0 saturated heterocycles. The van der Waals surface area contributed by atoms with E-state index in [-0.39, 0.29) is 5.41 Å². The van der Waals surface area contributed by atoms with Crippen LogP contribution in [0.15, 0.2) is 48.5 Å². The molecule has 0 N–H and O–H groups in total. The molecule has 2 heteroatoms. The molecule has 0 spiro atoms. The van der Waals surface area contributed by atoms with Gasteiger partial charge in [0.15, 0.2) is 11.4 Å². The first-order chi connectivity index (χ1) is 14.9. The third-order valence-corrected chi connectivity index (χ3v) is 7.95. The second-order valence-corrected chi connectivity index (χ2v) is 9.95. The van der Waals surface area contributed by atoms with E-state index in [1.165, 1.54) is 77.3 Å². The van der Waals surface area contributed by atoms with E-state index in [1.54, 1.807) is 0 Å². The van der Waals surface area contributed by atoms with Gasteiger partial charge in [0.05, 0.1) is 17.2 Å². The summed E-state index contributed by atoms with van der Waals surface area (Å²) in [7, 11) is 0. The van der Waals surface area contributed by atoms with Gasteiger partial charge in [-0.15, -0.1) is 0 Å². The van der Waals surface area contributed by atoms with Crippen LogP contribution in [-0.4, -0.2) is 4.57 Å². The van der Waals surface area contributed by atoms with Crippen molar-refractivity contribution in [2.75, 3.05) is 0 Å². The van der Waals surface area contributed by atoms with E-state index in [9.17, 15) is 0 Å². The molecule has 5 rings (SSSR count). The summed E-state index contributed by atoms with van der Waals surface area (Å²) in [5, 5.41) is 0. The van der Waals surface area contributed by atoms with E-state index in [4.69, 9.17) is 0 Å². The third kappa shape index (κ3) is 3.03. The molecule has 31 heavy (non-hydrogen) atoms. The van der Waals surface area contributed by atoms with Crippen molar-refractivity contribution >= 4 is 6.20 Å². The first-order valence-corrected chi connectivity index (χ1v) is 11.9. The lowest BCUT2D eigenvalue weighted by atomic mass is 9.68. The Morgan fingerprint density at radius 2 is 1.48 bits per heavy atom. The van der Waals surface area contributed by atoms with Crippen LogP contribution in [0.1, 0.15) is 67.1 Å². The molecule has 0 bridgehead atoms. The Hall–Kier alpha value is -2.61. The molecular formula is C29H35N2+. The van der Waals surface area contributed by atoms with Crippen molar-refractivity contribution in [1.82, 2.24) is 4.57 Å². The maximum atomic E-state index is 2.53. The number of aromatic nitrogens is 2. The van der Waals surface area contributed by atoms with Gasteiger partial charge in [0.25, 0.3) is 5.82 Å². The Morgan fingerprint density at radius 3 is 2.16 bits per heavy atom. The summed E-state index contributed by atoms with van der Waals surface area (Å²) >= 11 is 0. The highest BCUT2D eigenvalue weighted by atomic mass is 15.2. The fourth-order valence-corrected chi connectivity index (χ4v) is 6.30. The van der Waals surface area contributed by atoms with Crippen LogP contribution >= 0.6 is 0 Å². The van der Waals surface area contributed by atoms with Crippen LogP contribution in [0.3, 0.4) is 0 Å². The highest BCUT2D eigenvalue weighted by Gasteiger charge is 2.48. The molecule has 2 heterocycles. The Labute approximate surface area is 187 Å². The first-order valence-electron chi connectivity index (χ1n) is 11.9. The molecule has 1 saturated carbocycles. The summed E-state index contributed by atoms with van der Waals surface area (Å²) in [6.45, 7) is 11.6. The highest BCUT2D eigenvalue weighted by molar-refractivity contribution is 5.67. The Morgan fingerprint density at radius 1 is 0.839 bits per heavy atom. The van der Waals surface area contributed by atoms with E-state index in [2.05, 4.69) is 98.5 Å². The number of benzene rings is 2. The van der Waals surface area contributed by atoms with E-state index >= 15 is 0 Å². The lowest BCUT2D eigenvalue weighted by Gasteiger charge is -2.34. The van der Waals surface area contributed by atoms with Crippen LogP contribution in [0.4, 0.5) is 0 Å². The largest absolute Gasteiger partial charge is 0.299 e. The molecule has 1 aromatic heterocycles. The standard InChI is InChI=1S/C29H35N2/c1-20-12-9-10-17-25(20)31-23(4)27-29(5,24-15-7-6-8-16-24)18-19-30(27)28(31)26-21(2)13-11-14-22(26)3/h9-14,17-19,24H,6-8,15-16H2,1-5H3/q+1. The number of aryl methyl sites for hydroxylation is 3. The SMILES string of the molecule is Cc1ccccc1-n1c(C)c2[n+](c1-c1c(C)cccc1C)C=CC2(C)C1CCCCC1. The zero-order chi connectivity index (χ0) is 21.8. The van der Waals surface area contributed by atoms with Crippen molar-refractivity contribution in [1.29, 1.82) is 0 Å². The van der Waals surface area contributed by atoms with Crippen LogP contribution in [0.5, 0.6) is 0 Å². The summed E-state index contributed by atoms with van der Waals surface area (Å²) < 4.78 is 5.05. The van der Waals surface area contributed by atoms with Crippen molar-refractivity contribution < 1.29 is 4.57 Å². The normalized spacial score (nSPS) is 20.9. The summed E-state index contributed by atoms with van der Waals surface area (Å²) in [6.07, 6.45) is 11.7. The second-order valence-electron chi connectivity index (χ2n) is 9.95. The van der Waals surface area contributed by atoms with Crippen LogP contribution in [0.2, 0.25) is 0 Å². The minimum Gasteiger partial charge on any atom is -0.198 e. The predicted octanol–water partition coefficient (Wildman–Crippen LogP) is 6.99. The number of para-hydroxylation sites is 1. The Bertz CT molecular complexity index is 1150. The van der Waals surface area contributed by atoms with Gasteiger partial charge in [-0.05, 0) is 75.3 Å². The molecule has 2 nitrogen and oxygen atoms in total. The topological polar surface area (TPSA) is 8.81 Å². The van der Waals surface area contributed by atoms with Gasteiger partial charge < -0.3 is 0 Å². The summed E-state index contributed by atoms with van der Waals surface area (Å²) in [5.41, 5.74) is 9.60. The highest BCUT2D eigenvalue weighted by Crippen LogP contribution is 2.46. The number of nitrogens with zero attached hydrogens (tertiary/aromatic N) is 2. The van der Waals surface area contributed by atoms with E-state index < -0.39 is 0 Å². The van der Waals surface area contributed by atoms with E-state index in [0.717, 1.165) is 5.92 Å². The fraction of sp³-hybridized carbons (Fsp3) is 0.414. The van der Waals surface area contributed by atoms with Crippen molar-refractivity contribution in [2.24, 2.45) is 5.92 Å². The van der Waals surface area contributed by atoms with Crippen molar-refractivity contribution in [3.05, 3.63) is 76.6 Å².